The van der Waals surface area contributed by atoms with Crippen LogP contribution in [0.5, 0.6) is 0 Å². The van der Waals surface area contributed by atoms with Crippen molar-refractivity contribution >= 4 is 38.7 Å². The number of nitrogens with zero attached hydrogens (tertiary/aromatic N) is 1. The summed E-state index contributed by atoms with van der Waals surface area (Å²) in [6.07, 6.45) is -0.551. The molecule has 3 N–H and O–H groups in total. The molecule has 3 aromatic rings. The van der Waals surface area contributed by atoms with Gasteiger partial charge >= 0.3 is 0 Å². The van der Waals surface area contributed by atoms with E-state index in [0.29, 0.717) is 18.4 Å². The molecule has 132 valence electrons. The van der Waals surface area contributed by atoms with Gasteiger partial charge in [-0.3, -0.25) is 4.99 Å². The van der Waals surface area contributed by atoms with Crippen LogP contribution in [0, 0.1) is 0 Å². The lowest BCUT2D eigenvalue weighted by molar-refractivity contribution is 0.184. The molecule has 6 heteroatoms. The van der Waals surface area contributed by atoms with Gasteiger partial charge in [0.05, 0.1) is 0 Å². The maximum Gasteiger partial charge on any atom is 0.191 e. The van der Waals surface area contributed by atoms with Crippen LogP contribution in [0.25, 0.3) is 10.1 Å². The van der Waals surface area contributed by atoms with E-state index in [-0.39, 0.29) is 0 Å². The summed E-state index contributed by atoms with van der Waals surface area (Å²) < 4.78 is 1.20. The zero-order valence-corrected chi connectivity index (χ0v) is 16.0. The first kappa shape index (κ1) is 17.9. The largest absolute Gasteiger partial charge is 0.386 e. The molecule has 4 nitrogen and oxygen atoms in total. The van der Waals surface area contributed by atoms with Crippen LogP contribution in [-0.4, -0.2) is 31.2 Å². The Labute approximate surface area is 156 Å². The molecule has 25 heavy (non-hydrogen) atoms. The molecule has 3 rings (SSSR count). The number of thiophene rings is 2. The molecule has 1 aromatic carbocycles. The second-order valence-electron chi connectivity index (χ2n) is 5.99. The number of hydrogen-bond acceptors (Lipinski definition) is 4. The van der Waals surface area contributed by atoms with E-state index < -0.39 is 6.10 Å². The lowest BCUT2D eigenvalue weighted by Gasteiger charge is -2.17. The molecule has 0 fully saturated rings. The normalized spacial score (nSPS) is 14.4. The molecule has 0 bridgehead atoms. The average molecular weight is 374 g/mol. The number of aliphatic imine (C=N–C) groups is 1. The van der Waals surface area contributed by atoms with Crippen LogP contribution in [0.15, 0.2) is 52.2 Å². The van der Waals surface area contributed by atoms with Gasteiger partial charge in [-0.1, -0.05) is 25.1 Å². The van der Waals surface area contributed by atoms with Crippen LogP contribution in [0.2, 0.25) is 0 Å². The maximum absolute atomic E-state index is 10.5. The predicted molar refractivity (Wildman–Crippen MR) is 109 cm³/mol. The molecule has 2 unspecified atom stereocenters. The second-order valence-corrected chi connectivity index (χ2v) is 7.89. The zero-order valence-electron chi connectivity index (χ0n) is 14.4. The highest BCUT2D eigenvalue weighted by atomic mass is 32.1. The highest BCUT2D eigenvalue weighted by Gasteiger charge is 2.13. The molecule has 0 saturated heterocycles. The first-order valence-corrected chi connectivity index (χ1v) is 10.1. The van der Waals surface area contributed by atoms with E-state index in [9.17, 15) is 5.11 Å². The highest BCUT2D eigenvalue weighted by molar-refractivity contribution is 7.19. The van der Waals surface area contributed by atoms with Crippen LogP contribution in [-0.2, 0) is 0 Å². The third-order valence-electron chi connectivity index (χ3n) is 4.15. The van der Waals surface area contributed by atoms with Gasteiger partial charge in [-0.05, 0) is 45.8 Å². The SMILES string of the molecule is CN=C(NCC(C)c1ccsc1)NCC(O)c1cc2ccccc2s1. The molecule has 0 aliphatic heterocycles. The number of aliphatic hydroxyl groups is 1. The Kier molecular flexibility index (Phi) is 6.07. The van der Waals surface area contributed by atoms with Crippen LogP contribution < -0.4 is 10.6 Å². The van der Waals surface area contributed by atoms with Gasteiger partial charge in [0, 0.05) is 29.7 Å². The smallest absolute Gasteiger partial charge is 0.191 e. The molecule has 0 radical (unpaired) electrons. The van der Waals surface area contributed by atoms with Gasteiger partial charge < -0.3 is 15.7 Å². The number of rotatable bonds is 6. The fourth-order valence-corrected chi connectivity index (χ4v) is 4.44. The molecule has 0 amide bonds. The Morgan fingerprint density at radius 1 is 1.20 bits per heavy atom. The van der Waals surface area contributed by atoms with E-state index in [2.05, 4.69) is 57.6 Å². The molecule has 0 aliphatic carbocycles. The summed E-state index contributed by atoms with van der Waals surface area (Å²) in [6, 6.07) is 12.4. The lowest BCUT2D eigenvalue weighted by Crippen LogP contribution is -2.40. The third-order valence-corrected chi connectivity index (χ3v) is 6.07. The van der Waals surface area contributed by atoms with E-state index in [1.54, 1.807) is 29.7 Å². The van der Waals surface area contributed by atoms with Gasteiger partial charge in [-0.15, -0.1) is 11.3 Å². The number of benzene rings is 1. The van der Waals surface area contributed by atoms with E-state index in [1.165, 1.54) is 15.6 Å². The summed E-state index contributed by atoms with van der Waals surface area (Å²) in [5.74, 6) is 1.12. The minimum Gasteiger partial charge on any atom is -0.386 e. The fourth-order valence-electron chi connectivity index (χ4n) is 2.60. The minimum atomic E-state index is -0.551. The molecule has 0 saturated carbocycles. The van der Waals surface area contributed by atoms with Crippen molar-refractivity contribution in [1.82, 2.24) is 10.6 Å². The first-order valence-electron chi connectivity index (χ1n) is 8.30. The van der Waals surface area contributed by atoms with Crippen molar-refractivity contribution < 1.29 is 5.11 Å². The van der Waals surface area contributed by atoms with Crippen molar-refractivity contribution in [2.45, 2.75) is 18.9 Å². The van der Waals surface area contributed by atoms with Gasteiger partial charge in [0.2, 0.25) is 0 Å². The Bertz CT molecular complexity index is 793. The average Bonchev–Trinajstić information content (AvgIpc) is 3.30. The van der Waals surface area contributed by atoms with Crippen molar-refractivity contribution in [2.24, 2.45) is 4.99 Å². The van der Waals surface area contributed by atoms with Gasteiger partial charge in [-0.25, -0.2) is 0 Å². The number of nitrogens with one attached hydrogen (secondary N) is 2. The van der Waals surface area contributed by atoms with Crippen molar-refractivity contribution in [3.8, 4) is 0 Å². The van der Waals surface area contributed by atoms with Gasteiger partial charge in [0.15, 0.2) is 5.96 Å². The summed E-state index contributed by atoms with van der Waals surface area (Å²) in [6.45, 7) is 3.42. The van der Waals surface area contributed by atoms with Crippen molar-refractivity contribution in [2.75, 3.05) is 20.1 Å². The van der Waals surface area contributed by atoms with Gasteiger partial charge in [0.25, 0.3) is 0 Å². The van der Waals surface area contributed by atoms with E-state index in [4.69, 9.17) is 0 Å². The Hall–Kier alpha value is -1.89. The molecule has 2 atom stereocenters. The topological polar surface area (TPSA) is 56.7 Å². The summed E-state index contributed by atoms with van der Waals surface area (Å²) in [7, 11) is 1.75. The molecular formula is C19H23N3OS2. The third kappa shape index (κ3) is 4.60. The Balaban J connectivity index is 1.52. The lowest BCUT2D eigenvalue weighted by atomic mass is 10.1. The monoisotopic (exact) mass is 373 g/mol. The standard InChI is InChI=1S/C19H23N3OS2/c1-13(15-7-8-24-12-15)10-21-19(20-2)22-11-16(23)18-9-14-5-3-4-6-17(14)25-18/h3-9,12-13,16,23H,10-11H2,1-2H3,(H2,20,21,22). The summed E-state index contributed by atoms with van der Waals surface area (Å²) in [5, 5.41) is 22.4. The van der Waals surface area contributed by atoms with Crippen molar-refractivity contribution in [3.05, 3.63) is 57.6 Å². The molecule has 0 aliphatic rings. The van der Waals surface area contributed by atoms with E-state index in [1.807, 2.05) is 12.1 Å². The van der Waals surface area contributed by atoms with Gasteiger partial charge in [-0.2, -0.15) is 11.3 Å². The predicted octanol–water partition coefficient (Wildman–Crippen LogP) is 3.96. The summed E-state index contributed by atoms with van der Waals surface area (Å²) >= 11 is 3.35. The number of aliphatic hydroxyl groups excluding tert-OH is 1. The molecular weight excluding hydrogens is 350 g/mol. The Morgan fingerprint density at radius 3 is 2.72 bits per heavy atom. The van der Waals surface area contributed by atoms with Crippen molar-refractivity contribution in [1.29, 1.82) is 0 Å². The zero-order chi connectivity index (χ0) is 17.6. The van der Waals surface area contributed by atoms with Crippen LogP contribution in [0.3, 0.4) is 0 Å². The van der Waals surface area contributed by atoms with Crippen LogP contribution in [0.4, 0.5) is 0 Å². The molecule has 2 aromatic heterocycles. The molecule has 0 spiro atoms. The van der Waals surface area contributed by atoms with E-state index in [0.717, 1.165) is 11.4 Å². The maximum atomic E-state index is 10.5. The van der Waals surface area contributed by atoms with E-state index >= 15 is 0 Å². The highest BCUT2D eigenvalue weighted by Crippen LogP contribution is 2.29. The minimum absolute atomic E-state index is 0.414. The van der Waals surface area contributed by atoms with Gasteiger partial charge in [0.1, 0.15) is 6.10 Å². The molecule has 2 heterocycles. The first-order chi connectivity index (χ1) is 12.2. The fraction of sp³-hybridized carbons (Fsp3) is 0.316. The quantitative estimate of drug-likeness (QED) is 0.453. The summed E-state index contributed by atoms with van der Waals surface area (Å²) in [5.41, 5.74) is 1.33. The Morgan fingerprint density at radius 2 is 2.00 bits per heavy atom. The number of fused-ring (bicyclic) bond motifs is 1. The van der Waals surface area contributed by atoms with Crippen molar-refractivity contribution in [3.63, 3.8) is 0 Å². The number of hydrogen-bond donors (Lipinski definition) is 3. The van der Waals surface area contributed by atoms with Crippen LogP contribution in [0.1, 0.15) is 29.4 Å². The number of guanidine groups is 1. The second kappa shape index (κ2) is 8.47. The van der Waals surface area contributed by atoms with Crippen LogP contribution >= 0.6 is 22.7 Å². The summed E-state index contributed by atoms with van der Waals surface area (Å²) in [4.78, 5) is 5.21.